The lowest BCUT2D eigenvalue weighted by atomic mass is 10.1. The molecular weight excluding hydrogens is 390 g/mol. The Morgan fingerprint density at radius 1 is 1.03 bits per heavy atom. The van der Waals surface area contributed by atoms with Crippen molar-refractivity contribution in [3.8, 4) is 11.5 Å². The summed E-state index contributed by atoms with van der Waals surface area (Å²) in [7, 11) is 0. The number of hydrogen-bond donors (Lipinski definition) is 1. The van der Waals surface area contributed by atoms with Crippen molar-refractivity contribution in [1.82, 2.24) is 14.9 Å². The molecule has 0 bridgehead atoms. The van der Waals surface area contributed by atoms with Crippen molar-refractivity contribution in [1.29, 1.82) is 0 Å². The summed E-state index contributed by atoms with van der Waals surface area (Å²) in [5.41, 5.74) is 3.29. The van der Waals surface area contributed by atoms with Crippen molar-refractivity contribution in [2.75, 3.05) is 25.1 Å². The fraction of sp³-hybridized carbons (Fsp3) is 0.273. The van der Waals surface area contributed by atoms with E-state index in [9.17, 15) is 8.78 Å². The second-order valence-electron chi connectivity index (χ2n) is 7.35. The third kappa shape index (κ3) is 3.91. The van der Waals surface area contributed by atoms with Crippen LogP contribution in [-0.2, 0) is 19.5 Å². The zero-order valence-corrected chi connectivity index (χ0v) is 16.2. The SMILES string of the molecule is Fc1ccc(CN2CCc3nc(Nc4ccc5c(c4)OCCO5)ncc3C2)c(F)c1. The van der Waals surface area contributed by atoms with Crippen LogP contribution in [0.15, 0.2) is 42.6 Å². The third-order valence-electron chi connectivity index (χ3n) is 5.22. The lowest BCUT2D eigenvalue weighted by molar-refractivity contribution is 0.171. The van der Waals surface area contributed by atoms with E-state index in [0.29, 0.717) is 43.6 Å². The maximum atomic E-state index is 14.0. The van der Waals surface area contributed by atoms with Gasteiger partial charge < -0.3 is 14.8 Å². The second kappa shape index (κ2) is 7.87. The van der Waals surface area contributed by atoms with E-state index in [2.05, 4.69) is 20.2 Å². The van der Waals surface area contributed by atoms with Crippen molar-refractivity contribution in [3.05, 3.63) is 71.1 Å². The predicted molar refractivity (Wildman–Crippen MR) is 107 cm³/mol. The standard InChI is InChI=1S/C22H20F2N4O2/c23-16-2-1-14(18(24)9-16)12-28-6-5-19-15(13-28)11-25-22(27-19)26-17-3-4-20-21(10-17)30-8-7-29-20/h1-4,9-11H,5-8,12-13H2,(H,25,26,27). The van der Waals surface area contributed by atoms with Crippen LogP contribution >= 0.6 is 0 Å². The summed E-state index contributed by atoms with van der Waals surface area (Å²) in [5.74, 6) is 0.870. The molecule has 0 unspecified atom stereocenters. The Labute approximate surface area is 172 Å². The van der Waals surface area contributed by atoms with Crippen LogP contribution in [0.3, 0.4) is 0 Å². The summed E-state index contributed by atoms with van der Waals surface area (Å²) < 4.78 is 38.2. The number of anilines is 2. The van der Waals surface area contributed by atoms with Crippen LogP contribution in [0.5, 0.6) is 11.5 Å². The van der Waals surface area contributed by atoms with E-state index in [-0.39, 0.29) is 0 Å². The molecule has 6 nitrogen and oxygen atoms in total. The maximum Gasteiger partial charge on any atom is 0.227 e. The number of hydrogen-bond acceptors (Lipinski definition) is 6. The lowest BCUT2D eigenvalue weighted by Crippen LogP contribution is -2.31. The largest absolute Gasteiger partial charge is 0.486 e. The van der Waals surface area contributed by atoms with Crippen LogP contribution in [0.25, 0.3) is 0 Å². The van der Waals surface area contributed by atoms with Gasteiger partial charge in [0.1, 0.15) is 24.8 Å². The fourth-order valence-electron chi connectivity index (χ4n) is 3.71. The highest BCUT2D eigenvalue weighted by Crippen LogP contribution is 2.33. The summed E-state index contributed by atoms with van der Waals surface area (Å²) in [5, 5.41) is 3.21. The van der Waals surface area contributed by atoms with Crippen LogP contribution in [0.4, 0.5) is 20.4 Å². The first-order valence-corrected chi connectivity index (χ1v) is 9.82. The number of benzene rings is 2. The summed E-state index contributed by atoms with van der Waals surface area (Å²) in [4.78, 5) is 11.2. The van der Waals surface area contributed by atoms with Crippen LogP contribution < -0.4 is 14.8 Å². The Bertz CT molecular complexity index is 1090. The van der Waals surface area contributed by atoms with E-state index in [1.807, 2.05) is 18.2 Å². The summed E-state index contributed by atoms with van der Waals surface area (Å²) in [6, 6.07) is 9.34. The van der Waals surface area contributed by atoms with Gasteiger partial charge in [0.2, 0.25) is 5.95 Å². The van der Waals surface area contributed by atoms with Gasteiger partial charge in [-0.3, -0.25) is 4.90 Å². The summed E-state index contributed by atoms with van der Waals surface area (Å²) in [6.45, 7) is 2.87. The van der Waals surface area contributed by atoms with Gasteiger partial charge in [0.25, 0.3) is 0 Å². The number of halogens is 2. The highest BCUT2D eigenvalue weighted by molar-refractivity contribution is 5.60. The van der Waals surface area contributed by atoms with Gasteiger partial charge >= 0.3 is 0 Å². The molecule has 2 aliphatic rings. The summed E-state index contributed by atoms with van der Waals surface area (Å²) in [6.07, 6.45) is 2.53. The molecule has 1 N–H and O–H groups in total. The van der Waals surface area contributed by atoms with Crippen molar-refractivity contribution in [2.45, 2.75) is 19.5 Å². The molecule has 0 radical (unpaired) electrons. The Morgan fingerprint density at radius 2 is 1.90 bits per heavy atom. The van der Waals surface area contributed by atoms with Crippen molar-refractivity contribution in [3.63, 3.8) is 0 Å². The molecule has 1 aromatic heterocycles. The highest BCUT2D eigenvalue weighted by Gasteiger charge is 2.20. The molecule has 3 heterocycles. The molecule has 2 aliphatic heterocycles. The number of nitrogens with one attached hydrogen (secondary N) is 1. The first kappa shape index (κ1) is 18.7. The maximum absolute atomic E-state index is 14.0. The topological polar surface area (TPSA) is 59.5 Å². The highest BCUT2D eigenvalue weighted by atomic mass is 19.1. The third-order valence-corrected chi connectivity index (χ3v) is 5.22. The molecule has 0 fully saturated rings. The van der Waals surface area contributed by atoms with Gasteiger partial charge in [0.15, 0.2) is 11.5 Å². The molecular formula is C22H20F2N4O2. The number of ether oxygens (including phenoxy) is 2. The molecule has 0 amide bonds. The van der Waals surface area contributed by atoms with Gasteiger partial charge in [0.05, 0.1) is 5.69 Å². The molecule has 5 rings (SSSR count). The van der Waals surface area contributed by atoms with Crippen molar-refractivity contribution in [2.24, 2.45) is 0 Å². The normalized spacial score (nSPS) is 15.5. The average molecular weight is 410 g/mol. The zero-order valence-electron chi connectivity index (χ0n) is 16.2. The van der Waals surface area contributed by atoms with Gasteiger partial charge in [-0.05, 0) is 18.2 Å². The number of fused-ring (bicyclic) bond motifs is 2. The van der Waals surface area contributed by atoms with Crippen LogP contribution in [0.2, 0.25) is 0 Å². The van der Waals surface area contributed by atoms with E-state index in [1.165, 1.54) is 12.1 Å². The smallest absolute Gasteiger partial charge is 0.227 e. The molecule has 3 aromatic rings. The Morgan fingerprint density at radius 3 is 2.77 bits per heavy atom. The van der Waals surface area contributed by atoms with Gasteiger partial charge in [0, 0.05) is 61.2 Å². The van der Waals surface area contributed by atoms with Crippen LogP contribution in [-0.4, -0.2) is 34.6 Å². The first-order valence-electron chi connectivity index (χ1n) is 9.82. The number of aromatic nitrogens is 2. The van der Waals surface area contributed by atoms with Gasteiger partial charge in [-0.25, -0.2) is 18.7 Å². The molecule has 8 heteroatoms. The van der Waals surface area contributed by atoms with Crippen LogP contribution in [0.1, 0.15) is 16.8 Å². The van der Waals surface area contributed by atoms with E-state index < -0.39 is 11.6 Å². The second-order valence-corrected chi connectivity index (χ2v) is 7.35. The van der Waals surface area contributed by atoms with E-state index >= 15 is 0 Å². The molecule has 0 aliphatic carbocycles. The van der Waals surface area contributed by atoms with Gasteiger partial charge in [-0.2, -0.15) is 0 Å². The first-order chi connectivity index (χ1) is 14.6. The molecule has 0 atom stereocenters. The number of nitrogens with zero attached hydrogens (tertiary/aromatic N) is 3. The monoisotopic (exact) mass is 410 g/mol. The van der Waals surface area contributed by atoms with Crippen LogP contribution in [0, 0.1) is 11.6 Å². The summed E-state index contributed by atoms with van der Waals surface area (Å²) >= 11 is 0. The Balaban J connectivity index is 1.27. The molecule has 154 valence electrons. The molecule has 0 saturated carbocycles. The molecule has 0 saturated heterocycles. The average Bonchev–Trinajstić information content (AvgIpc) is 2.76. The van der Waals surface area contributed by atoms with Crippen molar-refractivity contribution >= 4 is 11.6 Å². The Kier molecular flexibility index (Phi) is 4.92. The van der Waals surface area contributed by atoms with Gasteiger partial charge in [-0.15, -0.1) is 0 Å². The molecule has 2 aromatic carbocycles. The molecule has 0 spiro atoms. The zero-order chi connectivity index (χ0) is 20.5. The fourth-order valence-corrected chi connectivity index (χ4v) is 3.71. The predicted octanol–water partition coefficient (Wildman–Crippen LogP) is 3.83. The number of rotatable bonds is 4. The van der Waals surface area contributed by atoms with E-state index in [0.717, 1.165) is 41.7 Å². The minimum absolute atomic E-state index is 0.419. The molecule has 30 heavy (non-hydrogen) atoms. The Hall–Kier alpha value is -3.26. The van der Waals surface area contributed by atoms with E-state index in [1.54, 1.807) is 6.20 Å². The van der Waals surface area contributed by atoms with Gasteiger partial charge in [-0.1, -0.05) is 6.07 Å². The minimum atomic E-state index is -0.563. The van der Waals surface area contributed by atoms with Crippen molar-refractivity contribution < 1.29 is 18.3 Å². The minimum Gasteiger partial charge on any atom is -0.486 e. The quantitative estimate of drug-likeness (QED) is 0.706. The van der Waals surface area contributed by atoms with E-state index in [4.69, 9.17) is 9.47 Å². The lowest BCUT2D eigenvalue weighted by Gasteiger charge is -2.28.